The van der Waals surface area contributed by atoms with Crippen LogP contribution in [0.25, 0.3) is 10.4 Å². The molecular weight excluding hydrogens is 342 g/mol. The second-order valence-corrected chi connectivity index (χ2v) is 7.05. The molecule has 0 fully saturated rings. The van der Waals surface area contributed by atoms with Crippen molar-refractivity contribution >= 4 is 45.9 Å². The van der Waals surface area contributed by atoms with Crippen molar-refractivity contribution in [1.29, 1.82) is 0 Å². The average molecular weight is 355 g/mol. The molecule has 2 N–H and O–H groups in total. The summed E-state index contributed by atoms with van der Waals surface area (Å²) in [6.45, 7) is 0. The number of aromatic nitrogens is 1. The lowest BCUT2D eigenvalue weighted by Gasteiger charge is -2.17. The van der Waals surface area contributed by atoms with Gasteiger partial charge in [0.25, 0.3) is 5.91 Å². The zero-order chi connectivity index (χ0) is 16.5. The number of carbonyl (C=O) groups is 2. The molecule has 5 nitrogen and oxygen atoms in total. The molecule has 0 bridgehead atoms. The fraction of sp³-hybridized carbons (Fsp3) is 0.118. The first-order valence-corrected chi connectivity index (χ1v) is 9.23. The van der Waals surface area contributed by atoms with Crippen LogP contribution in [-0.4, -0.2) is 16.8 Å². The highest BCUT2D eigenvalue weighted by molar-refractivity contribution is 7.14. The minimum absolute atomic E-state index is 0.0298. The van der Waals surface area contributed by atoms with Crippen LogP contribution in [0, 0.1) is 0 Å². The number of nitrogens with zero attached hydrogens (tertiary/aromatic N) is 1. The zero-order valence-electron chi connectivity index (χ0n) is 12.5. The van der Waals surface area contributed by atoms with Gasteiger partial charge in [-0.15, -0.1) is 11.3 Å². The first kappa shape index (κ1) is 15.0. The van der Waals surface area contributed by atoms with E-state index in [-0.39, 0.29) is 11.8 Å². The van der Waals surface area contributed by atoms with Gasteiger partial charge in [0.05, 0.1) is 10.4 Å². The minimum atomic E-state index is -0.225. The number of nitrogens with one attached hydrogen (secondary N) is 2. The lowest BCUT2D eigenvalue weighted by atomic mass is 10.0. The number of amides is 2. The van der Waals surface area contributed by atoms with Crippen LogP contribution in [0.5, 0.6) is 0 Å². The number of hydrogen-bond acceptors (Lipinski definition) is 5. The van der Waals surface area contributed by atoms with Gasteiger partial charge in [-0.05, 0) is 47.0 Å². The van der Waals surface area contributed by atoms with Gasteiger partial charge in [0.15, 0.2) is 0 Å². The monoisotopic (exact) mass is 355 g/mol. The summed E-state index contributed by atoms with van der Waals surface area (Å²) >= 11 is 3.05. The molecule has 7 heteroatoms. The molecule has 3 aromatic rings. The lowest BCUT2D eigenvalue weighted by molar-refractivity contribution is -0.116. The van der Waals surface area contributed by atoms with Crippen LogP contribution in [0.15, 0.2) is 40.5 Å². The van der Waals surface area contributed by atoms with Gasteiger partial charge in [0.1, 0.15) is 5.69 Å². The van der Waals surface area contributed by atoms with Crippen LogP contribution in [0.2, 0.25) is 0 Å². The Morgan fingerprint density at radius 1 is 1.25 bits per heavy atom. The van der Waals surface area contributed by atoms with Gasteiger partial charge in [-0.1, -0.05) is 0 Å². The average Bonchev–Trinajstić information content (AvgIpc) is 3.25. The maximum atomic E-state index is 12.6. The van der Waals surface area contributed by atoms with E-state index in [1.807, 2.05) is 29.0 Å². The molecule has 0 saturated heterocycles. The molecule has 4 rings (SSSR count). The Bertz CT molecular complexity index is 916. The number of benzene rings is 1. The quantitative estimate of drug-likeness (QED) is 0.746. The van der Waals surface area contributed by atoms with E-state index in [4.69, 9.17) is 0 Å². The zero-order valence-corrected chi connectivity index (χ0v) is 14.2. The summed E-state index contributed by atoms with van der Waals surface area (Å²) in [5.41, 5.74) is 5.69. The third-order valence-electron chi connectivity index (χ3n) is 3.82. The standard InChI is InChI=1S/C17H13N3O2S2/c21-14-4-1-10-7-12(2-3-13(10)20-14)19-17(22)15-16(24-9-18-15)11-5-6-23-8-11/h2-3,5-9H,1,4H2,(H,19,22)(H,20,21). The molecule has 2 aromatic heterocycles. The van der Waals surface area contributed by atoms with Crippen molar-refractivity contribution in [2.45, 2.75) is 12.8 Å². The van der Waals surface area contributed by atoms with Crippen LogP contribution in [0.1, 0.15) is 22.5 Å². The molecule has 0 aliphatic carbocycles. The van der Waals surface area contributed by atoms with Crippen LogP contribution >= 0.6 is 22.7 Å². The first-order valence-electron chi connectivity index (χ1n) is 7.41. The number of thiazole rings is 1. The van der Waals surface area contributed by atoms with Crippen LogP contribution in [-0.2, 0) is 11.2 Å². The summed E-state index contributed by atoms with van der Waals surface area (Å²) in [6.07, 6.45) is 1.15. The molecule has 1 aromatic carbocycles. The van der Waals surface area contributed by atoms with Crippen molar-refractivity contribution in [3.63, 3.8) is 0 Å². The van der Waals surface area contributed by atoms with Gasteiger partial charge >= 0.3 is 0 Å². The number of fused-ring (bicyclic) bond motifs is 1. The predicted octanol–water partition coefficient (Wildman–Crippen LogP) is 4.01. The topological polar surface area (TPSA) is 71.1 Å². The summed E-state index contributed by atoms with van der Waals surface area (Å²) in [5.74, 6) is -0.195. The number of carbonyl (C=O) groups excluding carboxylic acids is 2. The van der Waals surface area contributed by atoms with Crippen molar-refractivity contribution in [2.24, 2.45) is 0 Å². The van der Waals surface area contributed by atoms with E-state index < -0.39 is 0 Å². The van der Waals surface area contributed by atoms with E-state index in [9.17, 15) is 9.59 Å². The van der Waals surface area contributed by atoms with Gasteiger partial charge < -0.3 is 10.6 Å². The Morgan fingerprint density at radius 3 is 3.00 bits per heavy atom. The molecule has 0 spiro atoms. The second kappa shape index (κ2) is 6.18. The summed E-state index contributed by atoms with van der Waals surface area (Å²) in [6, 6.07) is 7.50. The fourth-order valence-electron chi connectivity index (χ4n) is 2.66. The van der Waals surface area contributed by atoms with Crippen molar-refractivity contribution in [2.75, 3.05) is 10.6 Å². The molecule has 120 valence electrons. The Balaban J connectivity index is 1.57. The molecule has 2 amide bonds. The highest BCUT2D eigenvalue weighted by Crippen LogP contribution is 2.30. The molecule has 3 heterocycles. The van der Waals surface area contributed by atoms with E-state index in [0.717, 1.165) is 21.7 Å². The smallest absolute Gasteiger partial charge is 0.275 e. The molecule has 1 aliphatic heterocycles. The summed E-state index contributed by atoms with van der Waals surface area (Å²) < 4.78 is 0. The van der Waals surface area contributed by atoms with Crippen molar-refractivity contribution in [3.05, 3.63) is 51.8 Å². The van der Waals surface area contributed by atoms with Crippen molar-refractivity contribution < 1.29 is 9.59 Å². The first-order chi connectivity index (χ1) is 11.7. The summed E-state index contributed by atoms with van der Waals surface area (Å²) in [4.78, 5) is 29.1. The van der Waals surface area contributed by atoms with E-state index in [1.165, 1.54) is 11.3 Å². The van der Waals surface area contributed by atoms with E-state index in [0.29, 0.717) is 24.2 Å². The van der Waals surface area contributed by atoms with Gasteiger partial charge in [-0.25, -0.2) is 4.98 Å². The third-order valence-corrected chi connectivity index (χ3v) is 5.38. The normalized spacial score (nSPS) is 13.2. The maximum Gasteiger partial charge on any atom is 0.275 e. The summed E-state index contributed by atoms with van der Waals surface area (Å²) in [5, 5.41) is 9.72. The van der Waals surface area contributed by atoms with Crippen LogP contribution in [0.3, 0.4) is 0 Å². The number of hydrogen-bond donors (Lipinski definition) is 2. The highest BCUT2D eigenvalue weighted by atomic mass is 32.1. The second-order valence-electron chi connectivity index (χ2n) is 5.42. The number of anilines is 2. The Morgan fingerprint density at radius 2 is 2.17 bits per heavy atom. The number of rotatable bonds is 3. The molecule has 0 saturated carbocycles. The van der Waals surface area contributed by atoms with E-state index in [1.54, 1.807) is 22.9 Å². The SMILES string of the molecule is O=C1CCc2cc(NC(=O)c3ncsc3-c3ccsc3)ccc2N1. The fourth-order valence-corrected chi connectivity index (χ4v) is 4.16. The van der Waals surface area contributed by atoms with Crippen molar-refractivity contribution in [3.8, 4) is 10.4 Å². The van der Waals surface area contributed by atoms with Crippen molar-refractivity contribution in [1.82, 2.24) is 4.98 Å². The summed E-state index contributed by atoms with van der Waals surface area (Å²) in [7, 11) is 0. The Hall–Kier alpha value is -2.51. The third kappa shape index (κ3) is 2.83. The maximum absolute atomic E-state index is 12.6. The minimum Gasteiger partial charge on any atom is -0.326 e. The molecule has 0 atom stereocenters. The van der Waals surface area contributed by atoms with Gasteiger partial charge in [0, 0.05) is 23.4 Å². The van der Waals surface area contributed by atoms with Gasteiger partial charge in [-0.2, -0.15) is 11.3 Å². The largest absolute Gasteiger partial charge is 0.326 e. The molecule has 1 aliphatic rings. The highest BCUT2D eigenvalue weighted by Gasteiger charge is 2.19. The van der Waals surface area contributed by atoms with Crippen LogP contribution in [0.4, 0.5) is 11.4 Å². The predicted molar refractivity (Wildman–Crippen MR) is 96.8 cm³/mol. The number of thiophene rings is 1. The lowest BCUT2D eigenvalue weighted by Crippen LogP contribution is -2.19. The molecule has 0 unspecified atom stereocenters. The Kier molecular flexibility index (Phi) is 3.87. The van der Waals surface area contributed by atoms with Gasteiger partial charge in [0.2, 0.25) is 5.91 Å². The number of aryl methyl sites for hydroxylation is 1. The van der Waals surface area contributed by atoms with Gasteiger partial charge in [-0.3, -0.25) is 9.59 Å². The molecule has 24 heavy (non-hydrogen) atoms. The molecular formula is C17H13N3O2S2. The van der Waals surface area contributed by atoms with Crippen LogP contribution < -0.4 is 10.6 Å². The van der Waals surface area contributed by atoms with E-state index in [2.05, 4.69) is 15.6 Å². The molecule has 0 radical (unpaired) electrons. The Labute approximate surface area is 146 Å². The van der Waals surface area contributed by atoms with E-state index >= 15 is 0 Å².